The van der Waals surface area contributed by atoms with Gasteiger partial charge in [-0.2, -0.15) is 4.37 Å². The van der Waals surface area contributed by atoms with E-state index in [9.17, 15) is 4.39 Å². The van der Waals surface area contributed by atoms with Gasteiger partial charge in [0.1, 0.15) is 16.6 Å². The van der Waals surface area contributed by atoms with Crippen LogP contribution in [0.15, 0.2) is 18.2 Å². The van der Waals surface area contributed by atoms with E-state index >= 15 is 0 Å². The van der Waals surface area contributed by atoms with Gasteiger partial charge < -0.3 is 9.88 Å². The van der Waals surface area contributed by atoms with Crippen LogP contribution in [0.2, 0.25) is 0 Å². The highest BCUT2D eigenvalue weighted by atomic mass is 32.1. The summed E-state index contributed by atoms with van der Waals surface area (Å²) in [6.07, 6.45) is 0. The van der Waals surface area contributed by atoms with Crippen LogP contribution in [0.4, 0.5) is 9.39 Å². The van der Waals surface area contributed by atoms with Crippen molar-refractivity contribution in [2.24, 2.45) is 0 Å². The molecule has 0 amide bonds. The quantitative estimate of drug-likeness (QED) is 0.800. The van der Waals surface area contributed by atoms with Crippen molar-refractivity contribution < 1.29 is 4.39 Å². The molecular formula is C14H15FN4S. The maximum absolute atomic E-state index is 13.5. The molecule has 3 rings (SSSR count). The van der Waals surface area contributed by atoms with E-state index in [2.05, 4.69) is 14.7 Å². The molecule has 0 radical (unpaired) electrons. The predicted octanol–water partition coefficient (Wildman–Crippen LogP) is 3.67. The molecule has 0 aliphatic heterocycles. The number of imidazole rings is 1. The van der Waals surface area contributed by atoms with Gasteiger partial charge in [0.15, 0.2) is 0 Å². The fourth-order valence-corrected chi connectivity index (χ4v) is 3.15. The van der Waals surface area contributed by atoms with Gasteiger partial charge in [0.25, 0.3) is 0 Å². The number of hydrogen-bond acceptors (Lipinski definition) is 4. The molecular weight excluding hydrogens is 275 g/mol. The monoisotopic (exact) mass is 290 g/mol. The molecule has 1 N–H and O–H groups in total. The topological polar surface area (TPSA) is 42.7 Å². The van der Waals surface area contributed by atoms with Crippen molar-refractivity contribution in [1.29, 1.82) is 0 Å². The Kier molecular flexibility index (Phi) is 3.17. The summed E-state index contributed by atoms with van der Waals surface area (Å²) in [6, 6.07) is 4.69. The van der Waals surface area contributed by atoms with Crippen LogP contribution in [-0.2, 0) is 6.54 Å². The zero-order valence-electron chi connectivity index (χ0n) is 11.6. The Bertz CT molecular complexity index is 775. The lowest BCUT2D eigenvalue weighted by Crippen LogP contribution is -2.00. The maximum atomic E-state index is 13.5. The lowest BCUT2D eigenvalue weighted by molar-refractivity contribution is 0.628. The average Bonchev–Trinajstić information content (AvgIpc) is 2.97. The second kappa shape index (κ2) is 4.86. The van der Waals surface area contributed by atoms with Gasteiger partial charge >= 0.3 is 0 Å². The van der Waals surface area contributed by atoms with Crippen LogP contribution < -0.4 is 5.32 Å². The van der Waals surface area contributed by atoms with E-state index in [1.807, 2.05) is 25.5 Å². The largest absolute Gasteiger partial charge is 0.378 e. The fourth-order valence-electron chi connectivity index (χ4n) is 2.41. The molecule has 0 fully saturated rings. The van der Waals surface area contributed by atoms with E-state index in [-0.39, 0.29) is 5.82 Å². The lowest BCUT2D eigenvalue weighted by atomic mass is 10.2. The summed E-state index contributed by atoms with van der Waals surface area (Å²) >= 11 is 1.41. The Morgan fingerprint density at radius 2 is 2.20 bits per heavy atom. The number of aromatic nitrogens is 3. The Labute approximate surface area is 120 Å². The fraction of sp³-hybridized carbons (Fsp3) is 0.286. The van der Waals surface area contributed by atoms with Gasteiger partial charge in [0, 0.05) is 13.6 Å². The third-order valence-electron chi connectivity index (χ3n) is 3.34. The van der Waals surface area contributed by atoms with E-state index < -0.39 is 0 Å². The Balaban J connectivity index is 2.33. The highest BCUT2D eigenvalue weighted by molar-refractivity contribution is 7.10. The van der Waals surface area contributed by atoms with Crippen LogP contribution in [0.25, 0.3) is 22.4 Å². The van der Waals surface area contributed by atoms with Crippen molar-refractivity contribution in [3.8, 4) is 11.4 Å². The van der Waals surface area contributed by atoms with Crippen LogP contribution in [0, 0.1) is 12.7 Å². The van der Waals surface area contributed by atoms with E-state index in [4.69, 9.17) is 0 Å². The van der Waals surface area contributed by atoms with Crippen molar-refractivity contribution in [2.45, 2.75) is 20.4 Å². The predicted molar refractivity (Wildman–Crippen MR) is 80.8 cm³/mol. The Morgan fingerprint density at radius 1 is 1.40 bits per heavy atom. The molecule has 3 aromatic rings. The van der Waals surface area contributed by atoms with E-state index in [0.717, 1.165) is 39.7 Å². The Morgan fingerprint density at radius 3 is 2.90 bits per heavy atom. The average molecular weight is 290 g/mol. The minimum Gasteiger partial charge on any atom is -0.378 e. The smallest absolute Gasteiger partial charge is 0.146 e. The first-order valence-electron chi connectivity index (χ1n) is 6.46. The summed E-state index contributed by atoms with van der Waals surface area (Å²) < 4.78 is 19.9. The third-order valence-corrected chi connectivity index (χ3v) is 4.30. The van der Waals surface area contributed by atoms with E-state index in [0.29, 0.717) is 0 Å². The van der Waals surface area contributed by atoms with Crippen LogP contribution in [0.5, 0.6) is 0 Å². The van der Waals surface area contributed by atoms with Gasteiger partial charge in [-0.3, -0.25) is 0 Å². The molecule has 2 heterocycles. The van der Waals surface area contributed by atoms with Gasteiger partial charge in [0.05, 0.1) is 22.3 Å². The number of hydrogen-bond donors (Lipinski definition) is 1. The molecule has 4 nitrogen and oxygen atoms in total. The molecule has 0 saturated heterocycles. The van der Waals surface area contributed by atoms with Gasteiger partial charge in [-0.25, -0.2) is 9.37 Å². The first-order valence-corrected chi connectivity index (χ1v) is 7.23. The van der Waals surface area contributed by atoms with Crippen molar-refractivity contribution in [1.82, 2.24) is 13.9 Å². The standard InChI is InChI=1S/C14H15FN4S/c1-4-19-11-7-9(15)5-6-10(11)17-13(19)12-8(2)18-20-14(12)16-3/h5-7,16H,4H2,1-3H3. The summed E-state index contributed by atoms with van der Waals surface area (Å²) in [5, 5.41) is 4.13. The minimum atomic E-state index is -0.243. The Hall–Kier alpha value is -1.95. The number of halogens is 1. The molecule has 0 aliphatic carbocycles. The summed E-state index contributed by atoms with van der Waals surface area (Å²) in [6.45, 7) is 4.73. The molecule has 6 heteroatoms. The van der Waals surface area contributed by atoms with Crippen LogP contribution in [-0.4, -0.2) is 21.0 Å². The van der Waals surface area contributed by atoms with Crippen LogP contribution in [0.1, 0.15) is 12.6 Å². The molecule has 20 heavy (non-hydrogen) atoms. The zero-order chi connectivity index (χ0) is 14.3. The third kappa shape index (κ3) is 1.87. The highest BCUT2D eigenvalue weighted by Gasteiger charge is 2.19. The van der Waals surface area contributed by atoms with E-state index in [1.54, 1.807) is 6.07 Å². The van der Waals surface area contributed by atoms with Gasteiger partial charge in [-0.15, -0.1) is 0 Å². The summed E-state index contributed by atoms with van der Waals surface area (Å²) in [5.41, 5.74) is 3.55. The summed E-state index contributed by atoms with van der Waals surface area (Å²) in [4.78, 5) is 4.66. The molecule has 0 saturated carbocycles. The molecule has 2 aromatic heterocycles. The second-order valence-corrected chi connectivity index (χ2v) is 5.31. The maximum Gasteiger partial charge on any atom is 0.146 e. The van der Waals surface area contributed by atoms with Crippen molar-refractivity contribution >= 4 is 27.6 Å². The van der Waals surface area contributed by atoms with Crippen LogP contribution >= 0.6 is 11.5 Å². The van der Waals surface area contributed by atoms with Crippen molar-refractivity contribution in [3.05, 3.63) is 29.7 Å². The van der Waals surface area contributed by atoms with Crippen molar-refractivity contribution in [3.63, 3.8) is 0 Å². The SMILES string of the molecule is CCn1c(-c2c(C)nsc2NC)nc2ccc(F)cc21. The zero-order valence-corrected chi connectivity index (χ0v) is 12.4. The molecule has 0 bridgehead atoms. The molecule has 104 valence electrons. The second-order valence-electron chi connectivity index (χ2n) is 4.53. The van der Waals surface area contributed by atoms with Gasteiger partial charge in [0.2, 0.25) is 0 Å². The molecule has 0 atom stereocenters. The molecule has 1 aromatic carbocycles. The minimum absolute atomic E-state index is 0.243. The van der Waals surface area contributed by atoms with Crippen LogP contribution in [0.3, 0.4) is 0 Å². The molecule has 0 unspecified atom stereocenters. The number of anilines is 1. The summed E-state index contributed by atoms with van der Waals surface area (Å²) in [7, 11) is 1.87. The van der Waals surface area contributed by atoms with Gasteiger partial charge in [-0.05, 0) is 43.6 Å². The van der Waals surface area contributed by atoms with Crippen molar-refractivity contribution in [2.75, 3.05) is 12.4 Å². The normalized spacial score (nSPS) is 11.2. The summed E-state index contributed by atoms with van der Waals surface area (Å²) in [5.74, 6) is 0.594. The molecule has 0 spiro atoms. The highest BCUT2D eigenvalue weighted by Crippen LogP contribution is 2.35. The number of rotatable bonds is 3. The number of benzene rings is 1. The number of fused-ring (bicyclic) bond motifs is 1. The van der Waals surface area contributed by atoms with Gasteiger partial charge in [-0.1, -0.05) is 0 Å². The molecule has 0 aliphatic rings. The first kappa shape index (κ1) is 13.1. The first-order chi connectivity index (χ1) is 9.65. The number of nitrogens with zero attached hydrogens (tertiary/aromatic N) is 3. The number of nitrogens with one attached hydrogen (secondary N) is 1. The number of aryl methyl sites for hydroxylation is 2. The lowest BCUT2D eigenvalue weighted by Gasteiger charge is -2.07. The van der Waals surface area contributed by atoms with E-state index in [1.165, 1.54) is 23.7 Å².